The molecule has 0 radical (unpaired) electrons. The van der Waals surface area contributed by atoms with Crippen LogP contribution in [-0.4, -0.2) is 40.2 Å². The Morgan fingerprint density at radius 1 is 1.65 bits per heavy atom. The Morgan fingerprint density at radius 2 is 2.41 bits per heavy atom. The second kappa shape index (κ2) is 4.63. The maximum Gasteiger partial charge on any atom is 0.0716 e. The van der Waals surface area contributed by atoms with E-state index >= 15 is 0 Å². The third-order valence-corrected chi connectivity index (χ3v) is 3.82. The van der Waals surface area contributed by atoms with Crippen LogP contribution >= 0.6 is 0 Å². The maximum atomic E-state index is 10.6. The minimum Gasteiger partial charge on any atom is -0.398 e. The van der Waals surface area contributed by atoms with Crippen LogP contribution in [0, 0.1) is 0 Å². The summed E-state index contributed by atoms with van der Waals surface area (Å²) < 4.78 is 0. The summed E-state index contributed by atoms with van der Waals surface area (Å²) in [6.07, 6.45) is 5.63. The molecular formula is C13H21N3O. The van der Waals surface area contributed by atoms with E-state index in [4.69, 9.17) is 5.73 Å². The molecule has 1 aliphatic heterocycles. The fourth-order valence-corrected chi connectivity index (χ4v) is 2.51. The minimum absolute atomic E-state index is 0.409. The van der Waals surface area contributed by atoms with Gasteiger partial charge >= 0.3 is 0 Å². The number of anilines is 1. The van der Waals surface area contributed by atoms with Gasteiger partial charge in [0.25, 0.3) is 0 Å². The molecule has 4 heteroatoms. The summed E-state index contributed by atoms with van der Waals surface area (Å²) in [5, 5.41) is 10.6. The molecule has 1 saturated heterocycles. The molecule has 2 unspecified atom stereocenters. The average Bonchev–Trinajstić information content (AvgIpc) is 2.28. The summed E-state index contributed by atoms with van der Waals surface area (Å²) in [5.41, 5.74) is 6.93. The number of pyridine rings is 1. The fraction of sp³-hybridized carbons (Fsp3) is 0.615. The van der Waals surface area contributed by atoms with E-state index in [0.29, 0.717) is 12.5 Å². The number of piperidine rings is 1. The van der Waals surface area contributed by atoms with Gasteiger partial charge in [0.15, 0.2) is 0 Å². The molecular weight excluding hydrogens is 214 g/mol. The monoisotopic (exact) mass is 235 g/mol. The van der Waals surface area contributed by atoms with Crippen molar-refractivity contribution in [3.8, 4) is 0 Å². The van der Waals surface area contributed by atoms with E-state index in [2.05, 4.69) is 23.9 Å². The molecule has 1 fully saturated rings. The van der Waals surface area contributed by atoms with Gasteiger partial charge in [-0.15, -0.1) is 0 Å². The number of likely N-dealkylation sites (tertiary alicyclic amines) is 1. The van der Waals surface area contributed by atoms with Crippen molar-refractivity contribution in [1.82, 2.24) is 9.88 Å². The molecule has 0 aliphatic carbocycles. The molecule has 4 nitrogen and oxygen atoms in total. The van der Waals surface area contributed by atoms with Crippen LogP contribution in [0.2, 0.25) is 0 Å². The summed E-state index contributed by atoms with van der Waals surface area (Å²) in [6, 6.07) is 2.20. The van der Waals surface area contributed by atoms with E-state index in [1.165, 1.54) is 0 Å². The summed E-state index contributed by atoms with van der Waals surface area (Å²) in [7, 11) is 2.10. The van der Waals surface area contributed by atoms with Gasteiger partial charge in [-0.1, -0.05) is 0 Å². The number of hydrogen-bond acceptors (Lipinski definition) is 4. The van der Waals surface area contributed by atoms with Gasteiger partial charge in [0.05, 0.1) is 5.60 Å². The first-order valence-electron chi connectivity index (χ1n) is 6.11. The Bertz CT molecular complexity index is 396. The van der Waals surface area contributed by atoms with Crippen molar-refractivity contribution < 1.29 is 5.11 Å². The van der Waals surface area contributed by atoms with Crippen molar-refractivity contribution in [2.45, 2.75) is 37.8 Å². The van der Waals surface area contributed by atoms with Crippen LogP contribution in [0.5, 0.6) is 0 Å². The lowest BCUT2D eigenvalue weighted by Gasteiger charge is -2.41. The fourth-order valence-electron chi connectivity index (χ4n) is 2.51. The second-order valence-corrected chi connectivity index (χ2v) is 5.26. The predicted octanol–water partition coefficient (Wildman–Crippen LogP) is 1.05. The molecule has 0 amide bonds. The molecule has 2 rings (SSSR count). The van der Waals surface area contributed by atoms with Crippen LogP contribution in [0.1, 0.15) is 25.3 Å². The molecule has 2 heterocycles. The van der Waals surface area contributed by atoms with E-state index in [9.17, 15) is 5.11 Å². The predicted molar refractivity (Wildman–Crippen MR) is 68.6 cm³/mol. The van der Waals surface area contributed by atoms with Gasteiger partial charge in [-0.05, 0) is 38.4 Å². The first kappa shape index (κ1) is 12.3. The first-order valence-corrected chi connectivity index (χ1v) is 6.11. The third-order valence-electron chi connectivity index (χ3n) is 3.82. The SMILES string of the molecule is CC1CC(O)(Cc2cnccc2N)CCN1C. The van der Waals surface area contributed by atoms with E-state index in [-0.39, 0.29) is 0 Å². The number of aliphatic hydroxyl groups is 1. The van der Waals surface area contributed by atoms with E-state index in [1.54, 1.807) is 18.5 Å². The van der Waals surface area contributed by atoms with Crippen LogP contribution in [0.4, 0.5) is 5.69 Å². The number of nitrogen functional groups attached to an aromatic ring is 1. The second-order valence-electron chi connectivity index (χ2n) is 5.26. The van der Waals surface area contributed by atoms with Crippen LogP contribution in [0.15, 0.2) is 18.5 Å². The van der Waals surface area contributed by atoms with E-state index in [1.807, 2.05) is 0 Å². The normalized spacial score (nSPS) is 30.4. The summed E-state index contributed by atoms with van der Waals surface area (Å²) in [5.74, 6) is 0. The van der Waals surface area contributed by atoms with Gasteiger partial charge < -0.3 is 15.7 Å². The Kier molecular flexibility index (Phi) is 3.35. The molecule has 1 aromatic heterocycles. The van der Waals surface area contributed by atoms with Crippen LogP contribution in [-0.2, 0) is 6.42 Å². The zero-order chi connectivity index (χ0) is 12.5. The number of rotatable bonds is 2. The van der Waals surface area contributed by atoms with Crippen molar-refractivity contribution in [3.63, 3.8) is 0 Å². The molecule has 94 valence electrons. The van der Waals surface area contributed by atoms with Gasteiger partial charge in [-0.25, -0.2) is 0 Å². The van der Waals surface area contributed by atoms with Crippen LogP contribution < -0.4 is 5.73 Å². The first-order chi connectivity index (χ1) is 8.00. The zero-order valence-electron chi connectivity index (χ0n) is 10.6. The Hall–Kier alpha value is -1.13. The number of aromatic nitrogens is 1. The third kappa shape index (κ3) is 2.76. The van der Waals surface area contributed by atoms with Gasteiger partial charge in [0.2, 0.25) is 0 Å². The van der Waals surface area contributed by atoms with Crippen molar-refractivity contribution in [1.29, 1.82) is 0 Å². The lowest BCUT2D eigenvalue weighted by Crippen LogP contribution is -2.48. The standard InChI is InChI=1S/C13H21N3O/c1-10-7-13(17,4-6-16(10)2)8-11-9-15-5-3-12(11)14/h3,5,9-10,17H,4,6-8H2,1-2H3,(H2,14,15). The lowest BCUT2D eigenvalue weighted by atomic mass is 9.82. The summed E-state index contributed by atoms with van der Waals surface area (Å²) in [6.45, 7) is 3.08. The highest BCUT2D eigenvalue weighted by Gasteiger charge is 2.35. The van der Waals surface area contributed by atoms with Crippen molar-refractivity contribution in [2.24, 2.45) is 0 Å². The average molecular weight is 235 g/mol. The Labute approximate surface area is 102 Å². The Balaban J connectivity index is 2.10. The molecule has 0 saturated carbocycles. The van der Waals surface area contributed by atoms with Crippen molar-refractivity contribution in [2.75, 3.05) is 19.3 Å². The molecule has 3 N–H and O–H groups in total. The molecule has 0 aromatic carbocycles. The van der Waals surface area contributed by atoms with Gasteiger partial charge in [0.1, 0.15) is 0 Å². The molecule has 0 bridgehead atoms. The van der Waals surface area contributed by atoms with Crippen molar-refractivity contribution in [3.05, 3.63) is 24.0 Å². The smallest absolute Gasteiger partial charge is 0.0716 e. The largest absolute Gasteiger partial charge is 0.398 e. The highest BCUT2D eigenvalue weighted by atomic mass is 16.3. The van der Waals surface area contributed by atoms with Gasteiger partial charge in [-0.2, -0.15) is 0 Å². The summed E-state index contributed by atoms with van der Waals surface area (Å²) >= 11 is 0. The lowest BCUT2D eigenvalue weighted by molar-refractivity contribution is -0.0352. The Morgan fingerprint density at radius 3 is 3.06 bits per heavy atom. The van der Waals surface area contributed by atoms with Gasteiger partial charge in [0, 0.05) is 37.1 Å². The number of nitrogens with two attached hydrogens (primary N) is 1. The van der Waals surface area contributed by atoms with Crippen molar-refractivity contribution >= 4 is 5.69 Å². The minimum atomic E-state index is -0.636. The van der Waals surface area contributed by atoms with Gasteiger partial charge in [-0.3, -0.25) is 4.98 Å². The highest BCUT2D eigenvalue weighted by molar-refractivity contribution is 5.45. The van der Waals surface area contributed by atoms with Crippen LogP contribution in [0.3, 0.4) is 0 Å². The quantitative estimate of drug-likeness (QED) is 0.804. The molecule has 17 heavy (non-hydrogen) atoms. The van der Waals surface area contributed by atoms with E-state index < -0.39 is 5.60 Å². The van der Waals surface area contributed by atoms with E-state index in [0.717, 1.165) is 30.6 Å². The number of hydrogen-bond donors (Lipinski definition) is 2. The number of nitrogens with zero attached hydrogens (tertiary/aromatic N) is 2. The molecule has 0 spiro atoms. The topological polar surface area (TPSA) is 62.4 Å². The molecule has 1 aromatic rings. The molecule has 1 aliphatic rings. The maximum absolute atomic E-state index is 10.6. The van der Waals surface area contributed by atoms with Crippen LogP contribution in [0.25, 0.3) is 0 Å². The zero-order valence-corrected chi connectivity index (χ0v) is 10.6. The summed E-state index contributed by atoms with van der Waals surface area (Å²) in [4.78, 5) is 6.35. The highest BCUT2D eigenvalue weighted by Crippen LogP contribution is 2.30. The molecule has 2 atom stereocenters.